The lowest BCUT2D eigenvalue weighted by Gasteiger charge is -2.38. The highest BCUT2D eigenvalue weighted by atomic mass is 16.5. The van der Waals surface area contributed by atoms with E-state index in [-0.39, 0.29) is 6.10 Å². The molecule has 0 amide bonds. The topological polar surface area (TPSA) is 51.0 Å². The maximum Gasteiger partial charge on any atom is 0.0829 e. The van der Waals surface area contributed by atoms with Crippen molar-refractivity contribution in [2.75, 3.05) is 59.0 Å². The van der Waals surface area contributed by atoms with Gasteiger partial charge in [0.15, 0.2) is 0 Å². The molecule has 0 aromatic rings. The van der Waals surface area contributed by atoms with Crippen molar-refractivity contribution in [3.8, 4) is 0 Å². The van der Waals surface area contributed by atoms with Crippen LogP contribution < -0.4 is 5.73 Å². The second kappa shape index (κ2) is 6.66. The number of nitrogens with two attached hydrogens (primary N) is 1. The highest BCUT2D eigenvalue weighted by Gasteiger charge is 2.25. The van der Waals surface area contributed by atoms with Crippen LogP contribution >= 0.6 is 0 Å². The minimum atomic E-state index is 0.203. The van der Waals surface area contributed by atoms with Gasteiger partial charge in [-0.1, -0.05) is 6.92 Å². The van der Waals surface area contributed by atoms with Crippen LogP contribution in [0.15, 0.2) is 0 Å². The number of likely N-dealkylation sites (N-methyl/N-ethyl adjacent to an activating group) is 1. The minimum absolute atomic E-state index is 0.203. The van der Waals surface area contributed by atoms with Gasteiger partial charge in [-0.25, -0.2) is 0 Å². The molecule has 2 unspecified atom stereocenters. The van der Waals surface area contributed by atoms with Crippen LogP contribution in [-0.2, 0) is 9.47 Å². The Kier molecular flexibility index (Phi) is 5.18. The third kappa shape index (κ3) is 3.89. The zero-order chi connectivity index (χ0) is 12.1. The van der Waals surface area contributed by atoms with E-state index in [0.29, 0.717) is 12.6 Å². The van der Waals surface area contributed by atoms with Crippen LogP contribution in [0, 0.1) is 0 Å². The van der Waals surface area contributed by atoms with Crippen molar-refractivity contribution < 1.29 is 9.47 Å². The summed E-state index contributed by atoms with van der Waals surface area (Å²) in [5.74, 6) is 0. The number of ether oxygens (including phenoxy) is 2. The Labute approximate surface area is 104 Å². The fourth-order valence-corrected chi connectivity index (χ4v) is 2.55. The largest absolute Gasteiger partial charge is 0.374 e. The normalized spacial score (nSPS) is 32.8. The van der Waals surface area contributed by atoms with Gasteiger partial charge in [0.1, 0.15) is 0 Å². The van der Waals surface area contributed by atoms with Gasteiger partial charge in [-0.05, 0) is 6.54 Å². The number of hydrogen-bond acceptors (Lipinski definition) is 5. The van der Waals surface area contributed by atoms with E-state index in [0.717, 1.165) is 52.5 Å². The average molecular weight is 243 g/mol. The van der Waals surface area contributed by atoms with Gasteiger partial charge in [0.05, 0.1) is 25.4 Å². The van der Waals surface area contributed by atoms with Crippen molar-refractivity contribution in [2.24, 2.45) is 5.73 Å². The Hall–Kier alpha value is -0.200. The summed E-state index contributed by atoms with van der Waals surface area (Å²) in [6.45, 7) is 10.7. The molecule has 0 saturated carbocycles. The molecule has 2 rings (SSSR count). The van der Waals surface area contributed by atoms with E-state index in [1.165, 1.54) is 0 Å². The van der Waals surface area contributed by atoms with Crippen LogP contribution in [0.4, 0.5) is 0 Å². The molecule has 0 aromatic heterocycles. The maximum absolute atomic E-state index is 5.83. The quantitative estimate of drug-likeness (QED) is 0.712. The molecule has 2 heterocycles. The zero-order valence-electron chi connectivity index (χ0n) is 10.8. The van der Waals surface area contributed by atoms with E-state index in [1.807, 2.05) is 0 Å². The standard InChI is InChI=1S/C12H25N3O2/c1-2-14-3-5-17-12(9-14)10-15-4-6-16-11(7-13)8-15/h11-12H,2-10,13H2,1H3. The summed E-state index contributed by atoms with van der Waals surface area (Å²) in [6, 6.07) is 0. The number of morpholine rings is 2. The summed E-state index contributed by atoms with van der Waals surface area (Å²) in [5.41, 5.74) is 5.65. The maximum atomic E-state index is 5.83. The van der Waals surface area contributed by atoms with Gasteiger partial charge in [-0.3, -0.25) is 9.80 Å². The number of rotatable bonds is 4. The molecular weight excluding hydrogens is 218 g/mol. The summed E-state index contributed by atoms with van der Waals surface area (Å²) in [4.78, 5) is 4.87. The minimum Gasteiger partial charge on any atom is -0.374 e. The Balaban J connectivity index is 1.75. The van der Waals surface area contributed by atoms with E-state index < -0.39 is 0 Å². The van der Waals surface area contributed by atoms with Crippen LogP contribution in [0.5, 0.6) is 0 Å². The van der Waals surface area contributed by atoms with Crippen LogP contribution in [0.1, 0.15) is 6.92 Å². The predicted molar refractivity (Wildman–Crippen MR) is 67.1 cm³/mol. The summed E-state index contributed by atoms with van der Waals surface area (Å²) in [6.07, 6.45) is 0.551. The molecule has 2 aliphatic heterocycles. The van der Waals surface area contributed by atoms with Crippen LogP contribution in [0.3, 0.4) is 0 Å². The van der Waals surface area contributed by atoms with Gasteiger partial charge in [0.25, 0.3) is 0 Å². The van der Waals surface area contributed by atoms with E-state index in [9.17, 15) is 0 Å². The van der Waals surface area contributed by atoms with Gasteiger partial charge >= 0.3 is 0 Å². The Morgan fingerprint density at radius 1 is 1.06 bits per heavy atom. The molecule has 0 aliphatic carbocycles. The molecule has 2 N–H and O–H groups in total. The van der Waals surface area contributed by atoms with Crippen LogP contribution in [-0.4, -0.2) is 81.0 Å². The molecule has 0 radical (unpaired) electrons. The van der Waals surface area contributed by atoms with Gasteiger partial charge in [0.2, 0.25) is 0 Å². The molecule has 2 aliphatic rings. The zero-order valence-corrected chi connectivity index (χ0v) is 10.8. The molecular formula is C12H25N3O2. The first-order valence-electron chi connectivity index (χ1n) is 6.69. The molecule has 2 saturated heterocycles. The van der Waals surface area contributed by atoms with E-state index in [1.54, 1.807) is 0 Å². The van der Waals surface area contributed by atoms with Crippen molar-refractivity contribution in [2.45, 2.75) is 19.1 Å². The smallest absolute Gasteiger partial charge is 0.0829 e. The van der Waals surface area contributed by atoms with Crippen molar-refractivity contribution in [1.82, 2.24) is 9.80 Å². The average Bonchev–Trinajstić information content (AvgIpc) is 2.39. The van der Waals surface area contributed by atoms with E-state index in [4.69, 9.17) is 15.2 Å². The monoisotopic (exact) mass is 243 g/mol. The number of nitrogens with zero attached hydrogens (tertiary/aromatic N) is 2. The molecule has 100 valence electrons. The Morgan fingerprint density at radius 3 is 2.41 bits per heavy atom. The second-order valence-electron chi connectivity index (χ2n) is 4.87. The Bertz CT molecular complexity index is 206. The highest BCUT2D eigenvalue weighted by Crippen LogP contribution is 2.10. The lowest BCUT2D eigenvalue weighted by Crippen LogP contribution is -2.52. The summed E-state index contributed by atoms with van der Waals surface area (Å²) >= 11 is 0. The van der Waals surface area contributed by atoms with Crippen molar-refractivity contribution in [3.05, 3.63) is 0 Å². The first kappa shape index (κ1) is 13.2. The fourth-order valence-electron chi connectivity index (χ4n) is 2.55. The number of hydrogen-bond donors (Lipinski definition) is 1. The van der Waals surface area contributed by atoms with Crippen molar-refractivity contribution in [1.29, 1.82) is 0 Å². The lowest BCUT2D eigenvalue weighted by atomic mass is 10.2. The molecule has 0 aromatic carbocycles. The van der Waals surface area contributed by atoms with Crippen LogP contribution in [0.25, 0.3) is 0 Å². The molecule has 0 spiro atoms. The van der Waals surface area contributed by atoms with E-state index in [2.05, 4.69) is 16.7 Å². The summed E-state index contributed by atoms with van der Waals surface area (Å²) in [7, 11) is 0. The van der Waals surface area contributed by atoms with Gasteiger partial charge in [-0.2, -0.15) is 0 Å². The SMILES string of the molecule is CCN1CCOC(CN2CCOC(CN)C2)C1. The van der Waals surface area contributed by atoms with Gasteiger partial charge in [-0.15, -0.1) is 0 Å². The fraction of sp³-hybridized carbons (Fsp3) is 1.00. The molecule has 17 heavy (non-hydrogen) atoms. The Morgan fingerprint density at radius 2 is 1.71 bits per heavy atom. The van der Waals surface area contributed by atoms with Crippen molar-refractivity contribution >= 4 is 0 Å². The van der Waals surface area contributed by atoms with E-state index >= 15 is 0 Å². The first-order valence-corrected chi connectivity index (χ1v) is 6.69. The molecule has 2 fully saturated rings. The molecule has 0 bridgehead atoms. The predicted octanol–water partition coefficient (Wildman–Crippen LogP) is -0.633. The molecule has 5 heteroatoms. The van der Waals surface area contributed by atoms with Crippen LogP contribution in [0.2, 0.25) is 0 Å². The lowest BCUT2D eigenvalue weighted by molar-refractivity contribution is -0.0716. The first-order chi connectivity index (χ1) is 8.31. The summed E-state index contributed by atoms with van der Waals surface area (Å²) < 4.78 is 11.4. The molecule has 2 atom stereocenters. The van der Waals surface area contributed by atoms with Gasteiger partial charge in [0, 0.05) is 39.3 Å². The second-order valence-corrected chi connectivity index (χ2v) is 4.87. The van der Waals surface area contributed by atoms with Gasteiger partial charge < -0.3 is 15.2 Å². The third-order valence-electron chi connectivity index (χ3n) is 3.62. The molecule has 5 nitrogen and oxygen atoms in total. The summed E-state index contributed by atoms with van der Waals surface area (Å²) in [5, 5.41) is 0. The van der Waals surface area contributed by atoms with Crippen molar-refractivity contribution in [3.63, 3.8) is 0 Å². The third-order valence-corrected chi connectivity index (χ3v) is 3.62. The highest BCUT2D eigenvalue weighted by molar-refractivity contribution is 4.78.